The summed E-state index contributed by atoms with van der Waals surface area (Å²) in [5.41, 5.74) is 4.33. The lowest BCUT2D eigenvalue weighted by molar-refractivity contribution is 0.767. The highest BCUT2D eigenvalue weighted by atomic mass is 35.5. The van der Waals surface area contributed by atoms with Crippen LogP contribution >= 0.6 is 11.6 Å². The van der Waals surface area contributed by atoms with Crippen molar-refractivity contribution in [2.45, 2.75) is 39.5 Å². The van der Waals surface area contributed by atoms with Crippen LogP contribution in [-0.2, 0) is 18.7 Å². The molecule has 0 bridgehead atoms. The average Bonchev–Trinajstić information content (AvgIpc) is 2.81. The van der Waals surface area contributed by atoms with Crippen LogP contribution in [0.2, 0.25) is 0 Å². The van der Waals surface area contributed by atoms with Crippen molar-refractivity contribution in [1.29, 1.82) is 0 Å². The van der Waals surface area contributed by atoms with Crippen molar-refractivity contribution in [1.82, 2.24) is 14.8 Å². The Labute approximate surface area is 113 Å². The second-order valence-electron chi connectivity index (χ2n) is 4.35. The highest BCUT2D eigenvalue weighted by molar-refractivity contribution is 6.17. The fourth-order valence-corrected chi connectivity index (χ4v) is 2.16. The first-order valence-electron chi connectivity index (χ1n) is 6.29. The highest BCUT2D eigenvalue weighted by Crippen LogP contribution is 2.16. The maximum Gasteiger partial charge on any atom is 0.154 e. The molecule has 2 aromatic heterocycles. The first-order chi connectivity index (χ1) is 8.67. The van der Waals surface area contributed by atoms with Gasteiger partial charge in [0.05, 0.1) is 5.69 Å². The van der Waals surface area contributed by atoms with Gasteiger partial charge in [0.1, 0.15) is 0 Å². The van der Waals surface area contributed by atoms with E-state index in [1.807, 2.05) is 23.7 Å². The Balaban J connectivity index is 2.53. The van der Waals surface area contributed by atoms with Gasteiger partial charge in [0.25, 0.3) is 0 Å². The van der Waals surface area contributed by atoms with E-state index in [1.54, 1.807) is 0 Å². The highest BCUT2D eigenvalue weighted by Gasteiger charge is 2.09. The summed E-state index contributed by atoms with van der Waals surface area (Å²) in [5, 5.41) is 4.60. The number of nitrogens with zero attached hydrogens (tertiary/aromatic N) is 3. The van der Waals surface area contributed by atoms with Gasteiger partial charge in [0.15, 0.2) is 5.82 Å². The monoisotopic (exact) mass is 263 g/mol. The first kappa shape index (κ1) is 13.1. The van der Waals surface area contributed by atoms with Gasteiger partial charge in [-0.05, 0) is 43.5 Å². The van der Waals surface area contributed by atoms with Crippen molar-refractivity contribution in [2.75, 3.05) is 0 Å². The average molecular weight is 264 g/mol. The summed E-state index contributed by atoms with van der Waals surface area (Å²) in [5.74, 6) is 1.36. The van der Waals surface area contributed by atoms with Crippen LogP contribution in [0, 0.1) is 6.92 Å². The van der Waals surface area contributed by atoms with Gasteiger partial charge in [0, 0.05) is 17.3 Å². The molecule has 0 aliphatic heterocycles. The molecule has 0 aromatic carbocycles. The molecule has 2 heterocycles. The van der Waals surface area contributed by atoms with E-state index in [1.165, 1.54) is 5.69 Å². The third-order valence-corrected chi connectivity index (χ3v) is 3.24. The predicted octanol–water partition coefficient (Wildman–Crippen LogP) is 3.44. The number of halogens is 1. The molecule has 0 aliphatic rings. The van der Waals surface area contributed by atoms with Gasteiger partial charge in [0.2, 0.25) is 0 Å². The summed E-state index contributed by atoms with van der Waals surface area (Å²) in [4.78, 5) is 4.55. The van der Waals surface area contributed by atoms with E-state index in [-0.39, 0.29) is 0 Å². The standard InChI is InChI=1S/C14H18ClN3/c1-4-12-8-13(5-2)18(17-12)14-7-11(9-15)6-10(3)16-14/h6-8H,4-5,9H2,1-3H3. The topological polar surface area (TPSA) is 30.7 Å². The smallest absolute Gasteiger partial charge is 0.154 e. The molecule has 2 rings (SSSR count). The minimum absolute atomic E-state index is 0.500. The van der Waals surface area contributed by atoms with E-state index in [0.29, 0.717) is 5.88 Å². The number of aromatic nitrogens is 3. The molecule has 4 heteroatoms. The fraction of sp³-hybridized carbons (Fsp3) is 0.429. The normalized spacial score (nSPS) is 10.9. The molecule has 0 unspecified atom stereocenters. The molecule has 3 nitrogen and oxygen atoms in total. The Morgan fingerprint density at radius 3 is 2.56 bits per heavy atom. The van der Waals surface area contributed by atoms with E-state index < -0.39 is 0 Å². The van der Waals surface area contributed by atoms with Gasteiger partial charge in [-0.15, -0.1) is 11.6 Å². The molecule has 0 saturated carbocycles. The first-order valence-corrected chi connectivity index (χ1v) is 6.83. The van der Waals surface area contributed by atoms with Crippen molar-refractivity contribution in [3.8, 4) is 5.82 Å². The molecular weight excluding hydrogens is 246 g/mol. The minimum atomic E-state index is 0.500. The molecule has 96 valence electrons. The van der Waals surface area contributed by atoms with E-state index in [2.05, 4.69) is 30.0 Å². The number of aryl methyl sites for hydroxylation is 3. The molecule has 0 spiro atoms. The van der Waals surface area contributed by atoms with Gasteiger partial charge in [-0.2, -0.15) is 5.10 Å². The van der Waals surface area contributed by atoms with Gasteiger partial charge in [-0.3, -0.25) is 0 Å². The Hall–Kier alpha value is -1.35. The van der Waals surface area contributed by atoms with Gasteiger partial charge < -0.3 is 0 Å². The van der Waals surface area contributed by atoms with Gasteiger partial charge >= 0.3 is 0 Å². The molecule has 0 atom stereocenters. The van der Waals surface area contributed by atoms with Gasteiger partial charge in [-0.25, -0.2) is 9.67 Å². The number of pyridine rings is 1. The van der Waals surface area contributed by atoms with Crippen LogP contribution in [0.5, 0.6) is 0 Å². The van der Waals surface area contributed by atoms with E-state index in [4.69, 9.17) is 11.6 Å². The SMILES string of the molecule is CCc1cc(CC)n(-c2cc(CCl)cc(C)n2)n1. The van der Waals surface area contributed by atoms with Gasteiger partial charge in [-0.1, -0.05) is 13.8 Å². The zero-order valence-electron chi connectivity index (χ0n) is 11.1. The van der Waals surface area contributed by atoms with E-state index in [0.717, 1.165) is 35.6 Å². The molecule has 0 saturated heterocycles. The molecule has 2 aromatic rings. The van der Waals surface area contributed by atoms with Crippen molar-refractivity contribution in [2.24, 2.45) is 0 Å². The lowest BCUT2D eigenvalue weighted by Gasteiger charge is -2.07. The van der Waals surface area contributed by atoms with Crippen LogP contribution < -0.4 is 0 Å². The third-order valence-electron chi connectivity index (χ3n) is 2.93. The fourth-order valence-electron chi connectivity index (χ4n) is 2.00. The Bertz CT molecular complexity index is 546. The van der Waals surface area contributed by atoms with Crippen molar-refractivity contribution < 1.29 is 0 Å². The Kier molecular flexibility index (Phi) is 4.02. The zero-order chi connectivity index (χ0) is 13.1. The van der Waals surface area contributed by atoms with Crippen LogP contribution in [-0.4, -0.2) is 14.8 Å². The number of alkyl halides is 1. The predicted molar refractivity (Wildman–Crippen MR) is 74.4 cm³/mol. The summed E-state index contributed by atoms with van der Waals surface area (Å²) in [6.45, 7) is 6.22. The molecule has 0 radical (unpaired) electrons. The zero-order valence-corrected chi connectivity index (χ0v) is 11.8. The third kappa shape index (κ3) is 2.56. The lowest BCUT2D eigenvalue weighted by Crippen LogP contribution is -2.05. The van der Waals surface area contributed by atoms with Crippen LogP contribution in [0.3, 0.4) is 0 Å². The lowest BCUT2D eigenvalue weighted by atomic mass is 10.2. The Morgan fingerprint density at radius 2 is 1.94 bits per heavy atom. The summed E-state index contributed by atoms with van der Waals surface area (Å²) in [7, 11) is 0. The van der Waals surface area contributed by atoms with Crippen LogP contribution in [0.4, 0.5) is 0 Å². The molecule has 0 fully saturated rings. The van der Waals surface area contributed by atoms with Crippen molar-refractivity contribution in [3.63, 3.8) is 0 Å². The summed E-state index contributed by atoms with van der Waals surface area (Å²) >= 11 is 5.91. The molecular formula is C14H18ClN3. The maximum absolute atomic E-state index is 5.91. The van der Waals surface area contributed by atoms with Crippen molar-refractivity contribution in [3.05, 3.63) is 40.8 Å². The summed E-state index contributed by atoms with van der Waals surface area (Å²) in [6, 6.07) is 6.16. The Morgan fingerprint density at radius 1 is 1.17 bits per heavy atom. The van der Waals surface area contributed by atoms with E-state index in [9.17, 15) is 0 Å². The van der Waals surface area contributed by atoms with Crippen LogP contribution in [0.15, 0.2) is 18.2 Å². The molecule has 0 amide bonds. The number of hydrogen-bond acceptors (Lipinski definition) is 2. The minimum Gasteiger partial charge on any atom is -0.234 e. The molecule has 18 heavy (non-hydrogen) atoms. The summed E-state index contributed by atoms with van der Waals surface area (Å²) < 4.78 is 1.93. The summed E-state index contributed by atoms with van der Waals surface area (Å²) in [6.07, 6.45) is 1.88. The second-order valence-corrected chi connectivity index (χ2v) is 4.62. The maximum atomic E-state index is 5.91. The quantitative estimate of drug-likeness (QED) is 0.791. The van der Waals surface area contributed by atoms with Crippen LogP contribution in [0.1, 0.15) is 36.5 Å². The largest absolute Gasteiger partial charge is 0.234 e. The second kappa shape index (κ2) is 5.53. The van der Waals surface area contributed by atoms with Crippen molar-refractivity contribution >= 4 is 11.6 Å². The molecule has 0 aliphatic carbocycles. The van der Waals surface area contributed by atoms with Crippen LogP contribution in [0.25, 0.3) is 5.82 Å². The molecule has 0 N–H and O–H groups in total. The number of hydrogen-bond donors (Lipinski definition) is 0. The van der Waals surface area contributed by atoms with E-state index >= 15 is 0 Å². The number of rotatable bonds is 4.